The summed E-state index contributed by atoms with van der Waals surface area (Å²) in [5, 5.41) is 2.94. The molecule has 0 radical (unpaired) electrons. The van der Waals surface area contributed by atoms with Crippen LogP contribution in [-0.2, 0) is 21.2 Å². The molecule has 1 fully saturated rings. The maximum atomic E-state index is 12.6. The zero-order valence-corrected chi connectivity index (χ0v) is 17.7. The Morgan fingerprint density at radius 1 is 1.19 bits per heavy atom. The number of amides is 1. The summed E-state index contributed by atoms with van der Waals surface area (Å²) in [5.41, 5.74) is 2.01. The highest BCUT2D eigenvalue weighted by Crippen LogP contribution is 2.31. The summed E-state index contributed by atoms with van der Waals surface area (Å²) in [6, 6.07) is 11.2. The highest BCUT2D eigenvalue weighted by atomic mass is 79.9. The van der Waals surface area contributed by atoms with E-state index in [4.69, 9.17) is 0 Å². The summed E-state index contributed by atoms with van der Waals surface area (Å²) < 4.78 is 27.9. The van der Waals surface area contributed by atoms with E-state index in [2.05, 4.69) is 28.2 Å². The van der Waals surface area contributed by atoms with Crippen molar-refractivity contribution in [2.24, 2.45) is 5.92 Å². The lowest BCUT2D eigenvalue weighted by Gasteiger charge is -2.30. The molecule has 2 heterocycles. The quantitative estimate of drug-likeness (QED) is 0.735. The third-order valence-electron chi connectivity index (χ3n) is 4.60. The summed E-state index contributed by atoms with van der Waals surface area (Å²) in [6.07, 6.45) is 2.03. The average Bonchev–Trinajstić information content (AvgIpc) is 3.10. The second kappa shape index (κ2) is 8.21. The van der Waals surface area contributed by atoms with Gasteiger partial charge in [0.05, 0.1) is 3.79 Å². The second-order valence-electron chi connectivity index (χ2n) is 6.28. The highest BCUT2D eigenvalue weighted by molar-refractivity contribution is 9.11. The number of benzene rings is 1. The van der Waals surface area contributed by atoms with Crippen LogP contribution in [0, 0.1) is 5.92 Å². The van der Waals surface area contributed by atoms with Gasteiger partial charge in [-0.2, -0.15) is 4.31 Å². The fraction of sp³-hybridized carbons (Fsp3) is 0.389. The van der Waals surface area contributed by atoms with Crippen molar-refractivity contribution in [1.82, 2.24) is 4.31 Å². The molecule has 1 aliphatic heterocycles. The van der Waals surface area contributed by atoms with Gasteiger partial charge in [0.25, 0.3) is 10.0 Å². The van der Waals surface area contributed by atoms with E-state index in [1.54, 1.807) is 12.1 Å². The molecule has 1 amide bonds. The lowest BCUT2D eigenvalue weighted by Crippen LogP contribution is -2.41. The molecule has 2 aromatic rings. The first-order valence-electron chi connectivity index (χ1n) is 8.55. The molecule has 0 spiro atoms. The van der Waals surface area contributed by atoms with E-state index in [1.807, 2.05) is 24.3 Å². The number of nitrogens with zero attached hydrogens (tertiary/aromatic N) is 1. The van der Waals surface area contributed by atoms with E-state index in [9.17, 15) is 13.2 Å². The minimum absolute atomic E-state index is 0.0369. The zero-order valence-electron chi connectivity index (χ0n) is 14.4. The van der Waals surface area contributed by atoms with Crippen molar-refractivity contribution >= 4 is 48.9 Å². The molecule has 1 aromatic carbocycles. The molecule has 1 N–H and O–H groups in total. The van der Waals surface area contributed by atoms with Crippen molar-refractivity contribution in [1.29, 1.82) is 0 Å². The van der Waals surface area contributed by atoms with Gasteiger partial charge in [-0.3, -0.25) is 4.79 Å². The monoisotopic (exact) mass is 456 g/mol. The summed E-state index contributed by atoms with van der Waals surface area (Å²) in [6.45, 7) is 2.82. The maximum absolute atomic E-state index is 12.6. The van der Waals surface area contributed by atoms with Gasteiger partial charge in [-0.15, -0.1) is 11.3 Å². The van der Waals surface area contributed by atoms with Crippen LogP contribution in [0.5, 0.6) is 0 Å². The molecule has 1 aromatic heterocycles. The molecule has 5 nitrogen and oxygen atoms in total. The second-order valence-corrected chi connectivity index (χ2v) is 10.9. The Hall–Kier alpha value is -1.22. The zero-order chi connectivity index (χ0) is 18.7. The van der Waals surface area contributed by atoms with Crippen LogP contribution in [0.2, 0.25) is 0 Å². The molecule has 26 heavy (non-hydrogen) atoms. The van der Waals surface area contributed by atoms with Gasteiger partial charge in [-0.1, -0.05) is 19.1 Å². The minimum atomic E-state index is -3.47. The van der Waals surface area contributed by atoms with E-state index < -0.39 is 10.0 Å². The molecule has 0 atom stereocenters. The Kier molecular flexibility index (Phi) is 6.17. The van der Waals surface area contributed by atoms with E-state index in [-0.39, 0.29) is 11.8 Å². The van der Waals surface area contributed by atoms with Crippen LogP contribution in [-0.4, -0.2) is 31.7 Å². The molecule has 1 aliphatic rings. The Balaban J connectivity index is 1.58. The van der Waals surface area contributed by atoms with Crippen LogP contribution in [0.25, 0.3) is 0 Å². The summed E-state index contributed by atoms with van der Waals surface area (Å²) >= 11 is 4.51. The smallest absolute Gasteiger partial charge is 0.252 e. The van der Waals surface area contributed by atoms with Crippen molar-refractivity contribution < 1.29 is 13.2 Å². The summed E-state index contributed by atoms with van der Waals surface area (Å²) in [5.74, 6) is -0.201. The third kappa shape index (κ3) is 4.36. The first-order valence-corrected chi connectivity index (χ1v) is 11.6. The number of rotatable bonds is 5. The van der Waals surface area contributed by atoms with Crippen LogP contribution in [0.4, 0.5) is 5.69 Å². The van der Waals surface area contributed by atoms with Crippen molar-refractivity contribution in [3.63, 3.8) is 0 Å². The molecule has 0 aliphatic carbocycles. The van der Waals surface area contributed by atoms with Crippen LogP contribution in [0.3, 0.4) is 0 Å². The van der Waals surface area contributed by atoms with Gasteiger partial charge in [0.1, 0.15) is 4.21 Å². The predicted molar refractivity (Wildman–Crippen MR) is 108 cm³/mol. The number of hydrogen-bond donors (Lipinski definition) is 1. The van der Waals surface area contributed by atoms with Crippen molar-refractivity contribution in [2.75, 3.05) is 18.4 Å². The molecule has 0 unspecified atom stereocenters. The molecular formula is C18H21BrN2O3S2. The molecule has 0 saturated carbocycles. The number of carbonyl (C=O) groups excluding carboxylic acids is 1. The standard InChI is InChI=1S/C18H21BrN2O3S2/c1-2-13-3-5-15(6-4-13)20-18(22)14-9-11-21(12-10-14)26(23,24)17-8-7-16(19)25-17/h3-8,14H,2,9-12H2,1H3,(H,20,22). The normalized spacial score (nSPS) is 16.5. The summed E-state index contributed by atoms with van der Waals surface area (Å²) in [4.78, 5) is 12.5. The maximum Gasteiger partial charge on any atom is 0.252 e. The number of halogens is 1. The fourth-order valence-corrected chi connectivity index (χ4v) is 6.62. The number of nitrogens with one attached hydrogen (secondary N) is 1. The molecule has 0 bridgehead atoms. The van der Waals surface area contributed by atoms with E-state index >= 15 is 0 Å². The Morgan fingerprint density at radius 2 is 1.85 bits per heavy atom. The molecule has 1 saturated heterocycles. The average molecular weight is 457 g/mol. The molecular weight excluding hydrogens is 436 g/mol. The van der Waals surface area contributed by atoms with Gasteiger partial charge in [-0.25, -0.2) is 8.42 Å². The number of aryl methyl sites for hydroxylation is 1. The van der Waals surface area contributed by atoms with Crippen molar-refractivity contribution in [3.05, 3.63) is 45.7 Å². The third-order valence-corrected chi connectivity index (χ3v) is 8.59. The van der Waals surface area contributed by atoms with E-state index in [1.165, 1.54) is 21.2 Å². The van der Waals surface area contributed by atoms with Crippen molar-refractivity contribution in [2.45, 2.75) is 30.4 Å². The Labute approximate surface area is 166 Å². The Bertz CT molecular complexity index is 870. The minimum Gasteiger partial charge on any atom is -0.326 e. The molecule has 140 valence electrons. The number of sulfonamides is 1. The van der Waals surface area contributed by atoms with Crippen molar-refractivity contribution in [3.8, 4) is 0 Å². The Morgan fingerprint density at radius 3 is 2.38 bits per heavy atom. The first-order chi connectivity index (χ1) is 12.4. The lowest BCUT2D eigenvalue weighted by molar-refractivity contribution is -0.120. The predicted octanol–water partition coefficient (Wildman–Crippen LogP) is 4.11. The van der Waals surface area contributed by atoms with Gasteiger partial charge in [0, 0.05) is 24.7 Å². The van der Waals surface area contributed by atoms with Gasteiger partial charge in [0.15, 0.2) is 0 Å². The van der Waals surface area contributed by atoms with Crippen LogP contribution in [0.1, 0.15) is 25.3 Å². The van der Waals surface area contributed by atoms with Gasteiger partial charge < -0.3 is 5.32 Å². The summed E-state index contributed by atoms with van der Waals surface area (Å²) in [7, 11) is -3.47. The number of piperidine rings is 1. The topological polar surface area (TPSA) is 66.5 Å². The fourth-order valence-electron chi connectivity index (χ4n) is 2.99. The number of thiophene rings is 1. The molecule has 3 rings (SSSR count). The number of hydrogen-bond acceptors (Lipinski definition) is 4. The lowest BCUT2D eigenvalue weighted by atomic mass is 9.97. The van der Waals surface area contributed by atoms with Crippen LogP contribution < -0.4 is 5.32 Å². The van der Waals surface area contributed by atoms with E-state index in [0.717, 1.165) is 15.9 Å². The van der Waals surface area contributed by atoms with Crippen LogP contribution >= 0.6 is 27.3 Å². The number of carbonyl (C=O) groups is 1. The number of anilines is 1. The van der Waals surface area contributed by atoms with Gasteiger partial charge >= 0.3 is 0 Å². The SMILES string of the molecule is CCc1ccc(NC(=O)C2CCN(S(=O)(=O)c3ccc(Br)s3)CC2)cc1. The molecule has 8 heteroatoms. The van der Waals surface area contributed by atoms with E-state index in [0.29, 0.717) is 30.1 Å². The van der Waals surface area contributed by atoms with Crippen LogP contribution in [0.15, 0.2) is 44.4 Å². The highest BCUT2D eigenvalue weighted by Gasteiger charge is 2.32. The van der Waals surface area contributed by atoms with Gasteiger partial charge in [0.2, 0.25) is 5.91 Å². The van der Waals surface area contributed by atoms with Gasteiger partial charge in [-0.05, 0) is 65.0 Å². The largest absolute Gasteiger partial charge is 0.326 e. The first kappa shape index (κ1) is 19.5.